The Balaban J connectivity index is 2.35. The molecule has 132 valence electrons. The highest BCUT2D eigenvalue weighted by molar-refractivity contribution is 9.10. The van der Waals surface area contributed by atoms with E-state index in [9.17, 15) is 9.18 Å². The summed E-state index contributed by atoms with van der Waals surface area (Å²) in [5.74, 6) is -1.09. The van der Waals surface area contributed by atoms with E-state index >= 15 is 0 Å². The molecule has 1 unspecified atom stereocenters. The minimum atomic E-state index is -0.624. The largest absolute Gasteiger partial charge is 0.466 e. The quantitative estimate of drug-likeness (QED) is 0.547. The van der Waals surface area contributed by atoms with Gasteiger partial charge in [-0.3, -0.25) is 4.79 Å². The van der Waals surface area contributed by atoms with Gasteiger partial charge in [-0.15, -0.1) is 0 Å². The molecule has 0 saturated carbocycles. The molecule has 0 aliphatic carbocycles. The number of carbonyl (C=O) groups is 1. The first-order valence-corrected chi connectivity index (χ1v) is 8.83. The van der Waals surface area contributed by atoms with E-state index in [2.05, 4.69) is 15.9 Å². The zero-order valence-corrected chi connectivity index (χ0v) is 16.3. The van der Waals surface area contributed by atoms with Gasteiger partial charge in [0.1, 0.15) is 5.82 Å². The fraction of sp³-hybridized carbons (Fsp3) is 0.588. The standard InChI is InChI=1S/C17H23BBrFO4/c1-6-22-15(21)10-13(12-8-7-11(20)9-14(12)19)18-23-16(2,3)17(4,5)24-18/h7-9,13H,6,10H2,1-5H3. The molecule has 1 fully saturated rings. The molecule has 1 aromatic rings. The topological polar surface area (TPSA) is 44.8 Å². The van der Waals surface area contributed by atoms with Crippen LogP contribution in [0.3, 0.4) is 0 Å². The van der Waals surface area contributed by atoms with E-state index < -0.39 is 24.1 Å². The summed E-state index contributed by atoms with van der Waals surface area (Å²) >= 11 is 3.38. The Morgan fingerprint density at radius 3 is 2.38 bits per heavy atom. The van der Waals surface area contributed by atoms with E-state index in [0.29, 0.717) is 11.1 Å². The highest BCUT2D eigenvalue weighted by Crippen LogP contribution is 2.43. The minimum Gasteiger partial charge on any atom is -0.466 e. The molecule has 0 radical (unpaired) electrons. The highest BCUT2D eigenvalue weighted by Gasteiger charge is 2.54. The van der Waals surface area contributed by atoms with Crippen LogP contribution >= 0.6 is 15.9 Å². The number of hydrogen-bond donors (Lipinski definition) is 0. The number of esters is 1. The van der Waals surface area contributed by atoms with Crippen LogP contribution in [0.2, 0.25) is 0 Å². The van der Waals surface area contributed by atoms with Crippen molar-refractivity contribution in [3.63, 3.8) is 0 Å². The minimum absolute atomic E-state index is 0.0922. The van der Waals surface area contributed by atoms with Crippen LogP contribution in [0.25, 0.3) is 0 Å². The smallest absolute Gasteiger partial charge is 0.466 e. The van der Waals surface area contributed by atoms with Crippen LogP contribution in [-0.4, -0.2) is 30.9 Å². The molecule has 0 spiro atoms. The maximum atomic E-state index is 13.4. The summed E-state index contributed by atoms with van der Waals surface area (Å²) in [6.07, 6.45) is 0.0922. The van der Waals surface area contributed by atoms with E-state index in [1.54, 1.807) is 13.0 Å². The van der Waals surface area contributed by atoms with Crippen LogP contribution < -0.4 is 0 Å². The van der Waals surface area contributed by atoms with Crippen LogP contribution in [0.5, 0.6) is 0 Å². The Hall–Kier alpha value is -0.915. The molecule has 7 heteroatoms. The van der Waals surface area contributed by atoms with Crippen molar-refractivity contribution in [3.8, 4) is 0 Å². The van der Waals surface area contributed by atoms with Crippen molar-refractivity contribution in [2.75, 3.05) is 6.61 Å². The van der Waals surface area contributed by atoms with Crippen LogP contribution in [0.1, 0.15) is 52.4 Å². The second kappa shape index (κ2) is 7.14. The number of halogens is 2. The third-order valence-corrected chi connectivity index (χ3v) is 5.34. The molecule has 1 aliphatic heterocycles. The Morgan fingerprint density at radius 2 is 1.88 bits per heavy atom. The first-order chi connectivity index (χ1) is 11.1. The molecule has 1 saturated heterocycles. The lowest BCUT2D eigenvalue weighted by molar-refractivity contribution is -0.143. The van der Waals surface area contributed by atoms with Gasteiger partial charge in [-0.1, -0.05) is 22.0 Å². The van der Waals surface area contributed by atoms with Crippen molar-refractivity contribution in [2.24, 2.45) is 0 Å². The summed E-state index contributed by atoms with van der Waals surface area (Å²) in [5.41, 5.74) is -0.281. The van der Waals surface area contributed by atoms with Gasteiger partial charge in [0, 0.05) is 10.3 Å². The lowest BCUT2D eigenvalue weighted by atomic mass is 9.66. The van der Waals surface area contributed by atoms with Crippen molar-refractivity contribution in [2.45, 2.75) is 58.1 Å². The second-order valence-corrected chi connectivity index (χ2v) is 7.76. The summed E-state index contributed by atoms with van der Waals surface area (Å²) in [5, 5.41) is 0. The third kappa shape index (κ3) is 4.00. The Bertz CT molecular complexity index is 605. The number of carbonyl (C=O) groups excluding carboxylic acids is 1. The normalized spacial score (nSPS) is 20.0. The molecule has 1 aliphatic rings. The SMILES string of the molecule is CCOC(=O)CC(B1OC(C)(C)C(C)(C)O1)c1ccc(F)cc1Br. The lowest BCUT2D eigenvalue weighted by Gasteiger charge is -2.32. The van der Waals surface area contributed by atoms with Gasteiger partial charge in [-0.05, 0) is 52.3 Å². The Morgan fingerprint density at radius 1 is 1.29 bits per heavy atom. The van der Waals surface area contributed by atoms with Crippen LogP contribution in [-0.2, 0) is 18.8 Å². The van der Waals surface area contributed by atoms with Crippen LogP contribution in [0.15, 0.2) is 22.7 Å². The van der Waals surface area contributed by atoms with Crippen LogP contribution in [0.4, 0.5) is 4.39 Å². The maximum absolute atomic E-state index is 13.4. The van der Waals surface area contributed by atoms with Crippen molar-refractivity contribution >= 4 is 29.0 Å². The van der Waals surface area contributed by atoms with Gasteiger partial charge in [0.15, 0.2) is 0 Å². The average molecular weight is 401 g/mol. The predicted molar refractivity (Wildman–Crippen MR) is 94.2 cm³/mol. The molecule has 1 aromatic carbocycles. The van der Waals surface area contributed by atoms with E-state index in [4.69, 9.17) is 14.0 Å². The summed E-state index contributed by atoms with van der Waals surface area (Å²) in [6, 6.07) is 4.39. The van der Waals surface area contributed by atoms with Gasteiger partial charge in [-0.25, -0.2) is 4.39 Å². The van der Waals surface area contributed by atoms with Crippen molar-refractivity contribution in [1.82, 2.24) is 0 Å². The van der Waals surface area contributed by atoms with Crippen LogP contribution in [0, 0.1) is 5.82 Å². The zero-order valence-electron chi connectivity index (χ0n) is 14.7. The molecule has 0 N–H and O–H groups in total. The van der Waals surface area contributed by atoms with E-state index in [0.717, 1.165) is 5.56 Å². The molecule has 2 rings (SSSR count). The lowest BCUT2D eigenvalue weighted by Crippen LogP contribution is -2.41. The molecule has 24 heavy (non-hydrogen) atoms. The third-order valence-electron chi connectivity index (χ3n) is 4.65. The first kappa shape index (κ1) is 19.4. The zero-order chi connectivity index (χ0) is 18.1. The van der Waals surface area contributed by atoms with Crippen molar-refractivity contribution in [1.29, 1.82) is 0 Å². The van der Waals surface area contributed by atoms with Gasteiger partial charge >= 0.3 is 13.1 Å². The van der Waals surface area contributed by atoms with E-state index in [1.807, 2.05) is 27.7 Å². The maximum Gasteiger partial charge on any atom is 0.466 e. The van der Waals surface area contributed by atoms with Gasteiger partial charge < -0.3 is 14.0 Å². The number of benzene rings is 1. The Labute approximate surface area is 151 Å². The first-order valence-electron chi connectivity index (χ1n) is 8.03. The van der Waals surface area contributed by atoms with Gasteiger partial charge in [-0.2, -0.15) is 0 Å². The molecular weight excluding hydrogens is 378 g/mol. The van der Waals surface area contributed by atoms with Gasteiger partial charge in [0.25, 0.3) is 0 Å². The monoisotopic (exact) mass is 400 g/mol. The highest BCUT2D eigenvalue weighted by atomic mass is 79.9. The Kier molecular flexibility index (Phi) is 5.77. The molecule has 1 atom stereocenters. The molecule has 0 amide bonds. The summed E-state index contributed by atoms with van der Waals surface area (Å²) in [6.45, 7) is 9.87. The average Bonchev–Trinajstić information content (AvgIpc) is 2.65. The summed E-state index contributed by atoms with van der Waals surface area (Å²) in [7, 11) is -0.624. The van der Waals surface area contributed by atoms with E-state index in [1.165, 1.54) is 12.1 Å². The van der Waals surface area contributed by atoms with E-state index in [-0.39, 0.29) is 18.2 Å². The summed E-state index contributed by atoms with van der Waals surface area (Å²) in [4.78, 5) is 12.1. The van der Waals surface area contributed by atoms with Gasteiger partial charge in [0.2, 0.25) is 0 Å². The molecule has 0 aromatic heterocycles. The van der Waals surface area contributed by atoms with Crippen molar-refractivity contribution < 1.29 is 23.2 Å². The van der Waals surface area contributed by atoms with Gasteiger partial charge in [0.05, 0.1) is 24.2 Å². The fourth-order valence-corrected chi connectivity index (χ4v) is 3.25. The number of hydrogen-bond acceptors (Lipinski definition) is 4. The molecule has 4 nitrogen and oxygen atoms in total. The fourth-order valence-electron chi connectivity index (χ4n) is 2.61. The summed E-state index contributed by atoms with van der Waals surface area (Å²) < 4.78 is 31.3. The predicted octanol–water partition coefficient (Wildman–Crippen LogP) is 4.26. The molecule has 0 bridgehead atoms. The number of rotatable bonds is 5. The molecular formula is C17H23BBrFO4. The second-order valence-electron chi connectivity index (χ2n) is 6.91. The number of ether oxygens (including phenoxy) is 1. The van der Waals surface area contributed by atoms with Crippen molar-refractivity contribution in [3.05, 3.63) is 34.1 Å². The molecule has 1 heterocycles.